The Kier molecular flexibility index (Phi) is 6.15. The first kappa shape index (κ1) is 16.7. The molecule has 0 radical (unpaired) electrons. The van der Waals surface area contributed by atoms with Gasteiger partial charge in [-0.25, -0.2) is 4.79 Å². The Morgan fingerprint density at radius 3 is 1.83 bits per heavy atom. The molecule has 0 spiro atoms. The fraction of sp³-hybridized carbons (Fsp3) is 0.846. The van der Waals surface area contributed by atoms with E-state index in [1.807, 2.05) is 13.8 Å². The largest absolute Gasteiger partial charge is 0.548 e. The molecule has 1 amide bonds. The van der Waals surface area contributed by atoms with Crippen molar-refractivity contribution in [1.29, 1.82) is 0 Å². The Labute approximate surface area is 109 Å². The number of alkyl carbamates (subject to hydrolysis) is 1. The Bertz CT molecular complexity index is 288. The molecular formula is C13H24NO4-. The van der Waals surface area contributed by atoms with Gasteiger partial charge in [-0.15, -0.1) is 0 Å². The molecule has 0 saturated heterocycles. The summed E-state index contributed by atoms with van der Waals surface area (Å²) >= 11 is 0. The van der Waals surface area contributed by atoms with Gasteiger partial charge in [0, 0.05) is 0 Å². The molecule has 0 aliphatic carbocycles. The van der Waals surface area contributed by atoms with Gasteiger partial charge < -0.3 is 20.0 Å². The van der Waals surface area contributed by atoms with Gasteiger partial charge >= 0.3 is 6.09 Å². The van der Waals surface area contributed by atoms with Crippen LogP contribution in [0.5, 0.6) is 0 Å². The molecule has 0 fully saturated rings. The summed E-state index contributed by atoms with van der Waals surface area (Å²) in [6, 6.07) is 0. The van der Waals surface area contributed by atoms with Crippen LogP contribution in [0.2, 0.25) is 0 Å². The number of carboxylic acids is 1. The molecule has 0 saturated carbocycles. The summed E-state index contributed by atoms with van der Waals surface area (Å²) in [4.78, 5) is 23.0. The lowest BCUT2D eigenvalue weighted by Crippen LogP contribution is -2.60. The minimum absolute atomic E-state index is 0.336. The molecule has 18 heavy (non-hydrogen) atoms. The second kappa shape index (κ2) is 6.61. The molecule has 5 nitrogen and oxygen atoms in total. The van der Waals surface area contributed by atoms with Gasteiger partial charge in [-0.05, 0) is 33.6 Å². The van der Waals surface area contributed by atoms with Crippen molar-refractivity contribution in [3.05, 3.63) is 0 Å². The summed E-state index contributed by atoms with van der Waals surface area (Å²) in [6.07, 6.45) is 1.24. The van der Waals surface area contributed by atoms with Gasteiger partial charge in [0.05, 0.1) is 11.5 Å². The summed E-state index contributed by atoms with van der Waals surface area (Å²) < 4.78 is 5.09. The van der Waals surface area contributed by atoms with Crippen LogP contribution in [-0.4, -0.2) is 23.2 Å². The zero-order valence-corrected chi connectivity index (χ0v) is 12.0. The number of ether oxygens (including phenoxy) is 1. The van der Waals surface area contributed by atoms with Gasteiger partial charge in [-0.1, -0.05) is 26.7 Å². The maximum Gasteiger partial charge on any atom is 0.408 e. The normalized spacial score (nSPS) is 12.1. The number of carbonyl (C=O) groups is 2. The molecular weight excluding hydrogens is 234 g/mol. The topological polar surface area (TPSA) is 78.5 Å². The molecule has 0 unspecified atom stereocenters. The van der Waals surface area contributed by atoms with E-state index in [0.717, 1.165) is 0 Å². The van der Waals surface area contributed by atoms with Crippen molar-refractivity contribution in [1.82, 2.24) is 5.32 Å². The zero-order chi connectivity index (χ0) is 14.4. The van der Waals surface area contributed by atoms with E-state index < -0.39 is 23.2 Å². The van der Waals surface area contributed by atoms with Crippen LogP contribution in [0.25, 0.3) is 0 Å². The van der Waals surface area contributed by atoms with Gasteiger partial charge in [-0.2, -0.15) is 0 Å². The van der Waals surface area contributed by atoms with E-state index in [2.05, 4.69) is 5.32 Å². The van der Waals surface area contributed by atoms with Crippen molar-refractivity contribution in [3.63, 3.8) is 0 Å². The number of nitrogens with one attached hydrogen (secondary N) is 1. The zero-order valence-electron chi connectivity index (χ0n) is 12.0. The summed E-state index contributed by atoms with van der Waals surface area (Å²) in [5, 5.41) is 13.8. The smallest absolute Gasteiger partial charge is 0.408 e. The Hall–Kier alpha value is -1.26. The monoisotopic (exact) mass is 258 g/mol. The van der Waals surface area contributed by atoms with Crippen LogP contribution >= 0.6 is 0 Å². The highest BCUT2D eigenvalue weighted by atomic mass is 16.6. The third-order valence-corrected chi connectivity index (χ3v) is 2.48. The summed E-state index contributed by atoms with van der Waals surface area (Å²) in [6.45, 7) is 8.92. The van der Waals surface area contributed by atoms with E-state index in [0.29, 0.717) is 25.7 Å². The van der Waals surface area contributed by atoms with Crippen LogP contribution in [0.15, 0.2) is 0 Å². The highest BCUT2D eigenvalue weighted by Crippen LogP contribution is 2.20. The average Bonchev–Trinajstić information content (AvgIpc) is 2.14. The van der Waals surface area contributed by atoms with Gasteiger partial charge in [-0.3, -0.25) is 0 Å². The second-order valence-corrected chi connectivity index (χ2v) is 5.50. The maximum absolute atomic E-state index is 11.7. The highest BCUT2D eigenvalue weighted by Gasteiger charge is 2.33. The molecule has 106 valence electrons. The molecule has 0 aromatic rings. The van der Waals surface area contributed by atoms with Crippen LogP contribution < -0.4 is 10.4 Å². The number of rotatable bonds is 6. The number of carbonyl (C=O) groups excluding carboxylic acids is 2. The van der Waals surface area contributed by atoms with E-state index in [1.54, 1.807) is 20.8 Å². The average molecular weight is 258 g/mol. The molecule has 5 heteroatoms. The Morgan fingerprint density at radius 2 is 1.56 bits per heavy atom. The Balaban J connectivity index is 4.87. The lowest BCUT2D eigenvalue weighted by molar-refractivity contribution is -0.315. The second-order valence-electron chi connectivity index (χ2n) is 5.50. The number of carboxylic acid groups (broad SMARTS) is 1. The third kappa shape index (κ3) is 5.38. The Morgan fingerprint density at radius 1 is 1.11 bits per heavy atom. The van der Waals surface area contributed by atoms with Gasteiger partial charge in [0.1, 0.15) is 5.60 Å². The number of aliphatic carboxylic acids is 1. The predicted octanol–water partition coefficient (Wildman–Crippen LogP) is 1.60. The number of hydrogen-bond donors (Lipinski definition) is 1. The van der Waals surface area contributed by atoms with Crippen LogP contribution in [0.1, 0.15) is 60.3 Å². The molecule has 0 aliphatic rings. The minimum atomic E-state index is -1.33. The fourth-order valence-corrected chi connectivity index (χ4v) is 1.86. The maximum atomic E-state index is 11.7. The number of hydrogen-bond acceptors (Lipinski definition) is 4. The van der Waals surface area contributed by atoms with E-state index in [9.17, 15) is 14.7 Å². The standard InChI is InChI=1S/C13H25NO4/c1-6-8-13(9-7-2,10(15)16)14-11(17)18-12(3,4)5/h6-9H2,1-5H3,(H,14,17)(H,15,16)/p-1. The quantitative estimate of drug-likeness (QED) is 0.785. The van der Waals surface area contributed by atoms with Crippen LogP contribution in [0.3, 0.4) is 0 Å². The summed E-state index contributed by atoms with van der Waals surface area (Å²) in [7, 11) is 0. The highest BCUT2D eigenvalue weighted by molar-refractivity contribution is 5.83. The molecule has 0 aromatic carbocycles. The molecule has 0 bridgehead atoms. The van der Waals surface area contributed by atoms with Gasteiger partial charge in [0.15, 0.2) is 0 Å². The molecule has 0 aromatic heterocycles. The fourth-order valence-electron chi connectivity index (χ4n) is 1.86. The van der Waals surface area contributed by atoms with Crippen molar-refractivity contribution < 1.29 is 19.4 Å². The van der Waals surface area contributed by atoms with Crippen LogP contribution in [0, 0.1) is 0 Å². The summed E-state index contributed by atoms with van der Waals surface area (Å²) in [5.41, 5.74) is -1.98. The lowest BCUT2D eigenvalue weighted by Gasteiger charge is -2.36. The van der Waals surface area contributed by atoms with Crippen molar-refractivity contribution in [3.8, 4) is 0 Å². The molecule has 0 aliphatic heterocycles. The molecule has 0 atom stereocenters. The minimum Gasteiger partial charge on any atom is -0.548 e. The predicted molar refractivity (Wildman–Crippen MR) is 66.9 cm³/mol. The first-order valence-electron chi connectivity index (χ1n) is 6.39. The van der Waals surface area contributed by atoms with Gasteiger partial charge in [0.2, 0.25) is 0 Å². The molecule has 1 N–H and O–H groups in total. The molecule has 0 rings (SSSR count). The van der Waals surface area contributed by atoms with E-state index >= 15 is 0 Å². The first-order chi connectivity index (χ1) is 8.17. The SMILES string of the molecule is CCCC(CCC)(NC(=O)OC(C)(C)C)C(=O)[O-]. The van der Waals surface area contributed by atoms with Crippen molar-refractivity contribution in [2.24, 2.45) is 0 Å². The first-order valence-corrected chi connectivity index (χ1v) is 6.39. The van der Waals surface area contributed by atoms with Crippen molar-refractivity contribution in [2.45, 2.75) is 71.4 Å². The lowest BCUT2D eigenvalue weighted by atomic mass is 9.89. The van der Waals surface area contributed by atoms with Crippen molar-refractivity contribution in [2.75, 3.05) is 0 Å². The van der Waals surface area contributed by atoms with E-state index in [1.165, 1.54) is 0 Å². The van der Waals surface area contributed by atoms with Gasteiger partial charge in [0.25, 0.3) is 0 Å². The number of amides is 1. The van der Waals surface area contributed by atoms with E-state index in [4.69, 9.17) is 4.74 Å². The van der Waals surface area contributed by atoms with Crippen LogP contribution in [0.4, 0.5) is 4.79 Å². The van der Waals surface area contributed by atoms with Crippen molar-refractivity contribution >= 4 is 12.1 Å². The summed E-state index contributed by atoms with van der Waals surface area (Å²) in [5.74, 6) is -1.25. The third-order valence-electron chi connectivity index (χ3n) is 2.48. The van der Waals surface area contributed by atoms with E-state index in [-0.39, 0.29) is 0 Å². The molecule has 0 heterocycles. The van der Waals surface area contributed by atoms with Crippen LogP contribution in [-0.2, 0) is 9.53 Å².